The zero-order valence-electron chi connectivity index (χ0n) is 10.5. The highest BCUT2D eigenvalue weighted by Gasteiger charge is 2.18. The van der Waals surface area contributed by atoms with E-state index >= 15 is 0 Å². The predicted octanol–water partition coefficient (Wildman–Crippen LogP) is 4.46. The minimum atomic E-state index is -0.224. The van der Waals surface area contributed by atoms with Crippen LogP contribution in [-0.4, -0.2) is 6.04 Å². The first kappa shape index (κ1) is 14.2. The van der Waals surface area contributed by atoms with E-state index in [1.165, 1.54) is 0 Å². The van der Waals surface area contributed by atoms with Gasteiger partial charge in [0.15, 0.2) is 0 Å². The standard InChI is InChI=1S/C15H15Cl2NO/c1-10(18)15(11-5-3-2-4-6-11)19-12-7-8-13(16)14(17)9-12/h2-10,15H,18H2,1H3. The number of hydrogen-bond donors (Lipinski definition) is 1. The summed E-state index contributed by atoms with van der Waals surface area (Å²) in [5.41, 5.74) is 7.03. The van der Waals surface area contributed by atoms with Crippen molar-refractivity contribution in [1.82, 2.24) is 0 Å². The molecule has 2 unspecified atom stereocenters. The summed E-state index contributed by atoms with van der Waals surface area (Å²) in [5.74, 6) is 0.653. The predicted molar refractivity (Wildman–Crippen MR) is 79.9 cm³/mol. The van der Waals surface area contributed by atoms with Crippen LogP contribution in [0.5, 0.6) is 5.75 Å². The van der Waals surface area contributed by atoms with Crippen molar-refractivity contribution in [3.8, 4) is 5.75 Å². The van der Waals surface area contributed by atoms with Crippen LogP contribution in [0.15, 0.2) is 48.5 Å². The van der Waals surface area contributed by atoms with Crippen LogP contribution in [0.1, 0.15) is 18.6 Å². The van der Waals surface area contributed by atoms with Gasteiger partial charge in [-0.3, -0.25) is 0 Å². The van der Waals surface area contributed by atoms with Crippen molar-refractivity contribution in [2.75, 3.05) is 0 Å². The Hall–Kier alpha value is -1.22. The topological polar surface area (TPSA) is 35.2 Å². The summed E-state index contributed by atoms with van der Waals surface area (Å²) in [6.45, 7) is 1.91. The Morgan fingerprint density at radius 3 is 2.26 bits per heavy atom. The highest BCUT2D eigenvalue weighted by molar-refractivity contribution is 6.42. The summed E-state index contributed by atoms with van der Waals surface area (Å²) in [6, 6.07) is 14.9. The maximum absolute atomic E-state index is 6.00. The van der Waals surface area contributed by atoms with Crippen LogP contribution in [0.2, 0.25) is 10.0 Å². The summed E-state index contributed by atoms with van der Waals surface area (Å²) >= 11 is 11.9. The molecular weight excluding hydrogens is 281 g/mol. The van der Waals surface area contributed by atoms with E-state index in [1.54, 1.807) is 18.2 Å². The highest BCUT2D eigenvalue weighted by atomic mass is 35.5. The van der Waals surface area contributed by atoms with Gasteiger partial charge in [0.2, 0.25) is 0 Å². The fraction of sp³-hybridized carbons (Fsp3) is 0.200. The fourth-order valence-corrected chi connectivity index (χ4v) is 2.11. The molecule has 2 aromatic rings. The molecule has 2 aromatic carbocycles. The number of hydrogen-bond acceptors (Lipinski definition) is 2. The molecule has 0 aliphatic rings. The maximum atomic E-state index is 6.00. The van der Waals surface area contributed by atoms with E-state index in [2.05, 4.69) is 0 Å². The molecular formula is C15H15Cl2NO. The third kappa shape index (κ3) is 3.63. The van der Waals surface area contributed by atoms with Crippen LogP contribution in [0, 0.1) is 0 Å². The van der Waals surface area contributed by atoms with Crippen LogP contribution in [0.4, 0.5) is 0 Å². The van der Waals surface area contributed by atoms with E-state index in [9.17, 15) is 0 Å². The largest absolute Gasteiger partial charge is 0.484 e. The Morgan fingerprint density at radius 2 is 1.68 bits per heavy atom. The van der Waals surface area contributed by atoms with E-state index in [0.29, 0.717) is 15.8 Å². The summed E-state index contributed by atoms with van der Waals surface area (Å²) < 4.78 is 5.93. The molecule has 0 saturated carbocycles. The van der Waals surface area contributed by atoms with Gasteiger partial charge in [0.25, 0.3) is 0 Å². The summed E-state index contributed by atoms with van der Waals surface area (Å²) in [4.78, 5) is 0. The van der Waals surface area contributed by atoms with Gasteiger partial charge in [-0.05, 0) is 24.6 Å². The Balaban J connectivity index is 2.24. The Morgan fingerprint density at radius 1 is 1.00 bits per heavy atom. The van der Waals surface area contributed by atoms with E-state index < -0.39 is 0 Å². The molecule has 2 rings (SSSR count). The Labute approximate surface area is 123 Å². The fourth-order valence-electron chi connectivity index (χ4n) is 1.82. The van der Waals surface area contributed by atoms with Crippen molar-refractivity contribution >= 4 is 23.2 Å². The van der Waals surface area contributed by atoms with Gasteiger partial charge in [-0.2, -0.15) is 0 Å². The summed E-state index contributed by atoms with van der Waals surface area (Å²) in [7, 11) is 0. The smallest absolute Gasteiger partial charge is 0.138 e. The van der Waals surface area contributed by atoms with E-state index in [4.69, 9.17) is 33.7 Å². The first-order valence-electron chi connectivity index (χ1n) is 6.00. The molecule has 0 amide bonds. The number of nitrogens with two attached hydrogens (primary N) is 1. The zero-order chi connectivity index (χ0) is 13.8. The molecule has 2 atom stereocenters. The second-order valence-electron chi connectivity index (χ2n) is 4.38. The van der Waals surface area contributed by atoms with Gasteiger partial charge in [0, 0.05) is 12.1 Å². The molecule has 0 bridgehead atoms. The number of benzene rings is 2. The molecule has 0 radical (unpaired) electrons. The third-order valence-corrected chi connectivity index (χ3v) is 3.50. The van der Waals surface area contributed by atoms with Gasteiger partial charge < -0.3 is 10.5 Å². The second-order valence-corrected chi connectivity index (χ2v) is 5.20. The maximum Gasteiger partial charge on any atom is 0.138 e. The molecule has 0 aliphatic heterocycles. The van der Waals surface area contributed by atoms with Gasteiger partial charge in [-0.15, -0.1) is 0 Å². The third-order valence-electron chi connectivity index (χ3n) is 2.76. The minimum Gasteiger partial charge on any atom is -0.484 e. The van der Waals surface area contributed by atoms with Crippen molar-refractivity contribution < 1.29 is 4.74 Å². The molecule has 4 heteroatoms. The summed E-state index contributed by atoms with van der Waals surface area (Å²) in [5, 5.41) is 0.974. The number of ether oxygens (including phenoxy) is 1. The average molecular weight is 296 g/mol. The lowest BCUT2D eigenvalue weighted by molar-refractivity contribution is 0.180. The molecule has 19 heavy (non-hydrogen) atoms. The van der Waals surface area contributed by atoms with Gasteiger partial charge in [-0.25, -0.2) is 0 Å². The lowest BCUT2D eigenvalue weighted by Crippen LogP contribution is -2.29. The molecule has 0 heterocycles. The van der Waals surface area contributed by atoms with Crippen LogP contribution >= 0.6 is 23.2 Å². The molecule has 0 aromatic heterocycles. The average Bonchev–Trinajstić information content (AvgIpc) is 2.40. The molecule has 2 nitrogen and oxygen atoms in total. The molecule has 100 valence electrons. The Kier molecular flexibility index (Phi) is 4.70. The molecule has 0 aliphatic carbocycles. The molecule has 2 N–H and O–H groups in total. The van der Waals surface area contributed by atoms with Crippen molar-refractivity contribution in [2.45, 2.75) is 19.1 Å². The van der Waals surface area contributed by atoms with E-state index in [-0.39, 0.29) is 12.1 Å². The first-order chi connectivity index (χ1) is 9.08. The number of rotatable bonds is 4. The SMILES string of the molecule is CC(N)C(Oc1ccc(Cl)c(Cl)c1)c1ccccc1. The van der Waals surface area contributed by atoms with Crippen molar-refractivity contribution in [2.24, 2.45) is 5.73 Å². The zero-order valence-corrected chi connectivity index (χ0v) is 12.0. The summed E-state index contributed by atoms with van der Waals surface area (Å²) in [6.07, 6.45) is -0.224. The Bertz CT molecular complexity index is 543. The lowest BCUT2D eigenvalue weighted by atomic mass is 10.0. The number of halogens is 2. The monoisotopic (exact) mass is 295 g/mol. The minimum absolute atomic E-state index is 0.142. The van der Waals surface area contributed by atoms with Gasteiger partial charge >= 0.3 is 0 Å². The molecule has 0 saturated heterocycles. The first-order valence-corrected chi connectivity index (χ1v) is 6.76. The van der Waals surface area contributed by atoms with Gasteiger partial charge in [0.1, 0.15) is 11.9 Å². The lowest BCUT2D eigenvalue weighted by Gasteiger charge is -2.23. The normalized spacial score (nSPS) is 13.9. The van der Waals surface area contributed by atoms with E-state index in [1.807, 2.05) is 37.3 Å². The molecule has 0 spiro atoms. The van der Waals surface area contributed by atoms with Gasteiger partial charge in [0.05, 0.1) is 10.0 Å². The second kappa shape index (κ2) is 6.29. The van der Waals surface area contributed by atoms with Crippen LogP contribution in [0.3, 0.4) is 0 Å². The quantitative estimate of drug-likeness (QED) is 0.904. The van der Waals surface area contributed by atoms with Crippen molar-refractivity contribution in [3.63, 3.8) is 0 Å². The molecule has 0 fully saturated rings. The van der Waals surface area contributed by atoms with Crippen molar-refractivity contribution in [1.29, 1.82) is 0 Å². The van der Waals surface area contributed by atoms with Gasteiger partial charge in [-0.1, -0.05) is 53.5 Å². The van der Waals surface area contributed by atoms with E-state index in [0.717, 1.165) is 5.56 Å². The van der Waals surface area contributed by atoms with Crippen LogP contribution < -0.4 is 10.5 Å². The van der Waals surface area contributed by atoms with Crippen LogP contribution in [0.25, 0.3) is 0 Å². The van der Waals surface area contributed by atoms with Crippen molar-refractivity contribution in [3.05, 3.63) is 64.1 Å². The van der Waals surface area contributed by atoms with Crippen LogP contribution in [-0.2, 0) is 0 Å². The highest BCUT2D eigenvalue weighted by Crippen LogP contribution is 2.30.